The molecule has 1 heterocycles. The number of amides is 4. The van der Waals surface area contributed by atoms with E-state index in [1.807, 2.05) is 81.4 Å². The van der Waals surface area contributed by atoms with Crippen LogP contribution in [0.3, 0.4) is 0 Å². The number of rotatable bonds is 7. The number of anilines is 1. The molecule has 1 fully saturated rings. The Morgan fingerprint density at radius 2 is 1.59 bits per heavy atom. The van der Waals surface area contributed by atoms with Gasteiger partial charge in [-0.15, -0.1) is 0 Å². The van der Waals surface area contributed by atoms with Crippen molar-refractivity contribution in [2.24, 2.45) is 0 Å². The fourth-order valence-electron chi connectivity index (χ4n) is 4.36. The first-order valence-corrected chi connectivity index (χ1v) is 12.7. The maximum absolute atomic E-state index is 13.5. The Bertz CT molecular complexity index is 1590. The summed E-state index contributed by atoms with van der Waals surface area (Å²) in [6.45, 7) is 6.21. The summed E-state index contributed by atoms with van der Waals surface area (Å²) in [6.07, 6.45) is 1.37. The number of carbonyl (C=O) groups is 3. The van der Waals surface area contributed by atoms with E-state index in [4.69, 9.17) is 9.47 Å². The van der Waals surface area contributed by atoms with Crippen molar-refractivity contribution in [3.05, 3.63) is 107 Å². The molecule has 196 valence electrons. The fraction of sp³-hybridized carbons (Fsp3) is 0.156. The SMILES string of the molecule is Cc1ccc(COc2ccc(N3C(=O)NC(=O)/C(=C\c4c(OC(C)C)ccc5ccccc45)C3=O)cc2)cc1. The van der Waals surface area contributed by atoms with E-state index in [0.717, 1.165) is 21.2 Å². The molecule has 5 rings (SSSR count). The van der Waals surface area contributed by atoms with Gasteiger partial charge in [-0.2, -0.15) is 0 Å². The molecule has 0 bridgehead atoms. The van der Waals surface area contributed by atoms with E-state index in [1.54, 1.807) is 24.3 Å². The second-order valence-corrected chi connectivity index (χ2v) is 9.59. The van der Waals surface area contributed by atoms with Gasteiger partial charge in [0.15, 0.2) is 0 Å². The third kappa shape index (κ3) is 5.52. The van der Waals surface area contributed by atoms with Crippen LogP contribution in [0, 0.1) is 6.92 Å². The molecule has 0 saturated carbocycles. The third-order valence-corrected chi connectivity index (χ3v) is 6.30. The lowest BCUT2D eigenvalue weighted by atomic mass is 9.99. The molecule has 1 aliphatic heterocycles. The molecule has 4 amide bonds. The third-order valence-electron chi connectivity index (χ3n) is 6.30. The molecule has 7 heteroatoms. The molecule has 0 spiro atoms. The van der Waals surface area contributed by atoms with E-state index in [2.05, 4.69) is 5.32 Å². The molecule has 4 aromatic carbocycles. The molecular weight excluding hydrogens is 492 g/mol. The summed E-state index contributed by atoms with van der Waals surface area (Å²) in [5, 5.41) is 4.04. The summed E-state index contributed by atoms with van der Waals surface area (Å²) in [6, 6.07) is 25.2. The van der Waals surface area contributed by atoms with E-state index >= 15 is 0 Å². The number of aryl methyl sites for hydroxylation is 1. The largest absolute Gasteiger partial charge is 0.490 e. The Kier molecular flexibility index (Phi) is 7.14. The number of ether oxygens (including phenoxy) is 2. The first-order chi connectivity index (χ1) is 18.8. The average molecular weight is 521 g/mol. The van der Waals surface area contributed by atoms with Crippen molar-refractivity contribution in [1.82, 2.24) is 5.32 Å². The fourth-order valence-corrected chi connectivity index (χ4v) is 4.36. The highest BCUT2D eigenvalue weighted by Crippen LogP contribution is 2.32. The lowest BCUT2D eigenvalue weighted by Crippen LogP contribution is -2.54. The van der Waals surface area contributed by atoms with E-state index in [9.17, 15) is 14.4 Å². The number of fused-ring (bicyclic) bond motifs is 1. The van der Waals surface area contributed by atoms with E-state index in [0.29, 0.717) is 29.4 Å². The van der Waals surface area contributed by atoms with Gasteiger partial charge in [0.25, 0.3) is 11.8 Å². The molecule has 0 aliphatic carbocycles. The zero-order chi connectivity index (χ0) is 27.5. The van der Waals surface area contributed by atoms with Gasteiger partial charge >= 0.3 is 6.03 Å². The molecule has 1 aliphatic rings. The molecule has 0 aromatic heterocycles. The molecule has 0 unspecified atom stereocenters. The van der Waals surface area contributed by atoms with Crippen LogP contribution in [0.25, 0.3) is 16.8 Å². The lowest BCUT2D eigenvalue weighted by molar-refractivity contribution is -0.122. The van der Waals surface area contributed by atoms with Gasteiger partial charge in [-0.3, -0.25) is 14.9 Å². The van der Waals surface area contributed by atoms with Crippen LogP contribution in [0.1, 0.15) is 30.5 Å². The second kappa shape index (κ2) is 10.8. The van der Waals surface area contributed by atoms with Crippen LogP contribution in [0.2, 0.25) is 0 Å². The number of hydrogen-bond donors (Lipinski definition) is 1. The molecular formula is C32H28N2O5. The highest BCUT2D eigenvalue weighted by Gasteiger charge is 2.37. The van der Waals surface area contributed by atoms with Crippen LogP contribution in [0.5, 0.6) is 11.5 Å². The lowest BCUT2D eigenvalue weighted by Gasteiger charge is -2.26. The first-order valence-electron chi connectivity index (χ1n) is 12.7. The highest BCUT2D eigenvalue weighted by molar-refractivity contribution is 6.39. The Labute approximate surface area is 226 Å². The highest BCUT2D eigenvalue weighted by atomic mass is 16.5. The minimum Gasteiger partial charge on any atom is -0.490 e. The minimum absolute atomic E-state index is 0.121. The summed E-state index contributed by atoms with van der Waals surface area (Å²) in [5.41, 5.74) is 2.94. The normalized spacial score (nSPS) is 14.7. The predicted molar refractivity (Wildman–Crippen MR) is 151 cm³/mol. The van der Waals surface area contributed by atoms with Crippen LogP contribution >= 0.6 is 0 Å². The molecule has 4 aromatic rings. The quantitative estimate of drug-likeness (QED) is 0.232. The number of urea groups is 1. The standard InChI is InChI=1S/C32H28N2O5/c1-20(2)39-29-17-12-23-6-4-5-7-26(23)27(29)18-28-30(35)33-32(37)34(31(28)36)24-13-15-25(16-14-24)38-19-22-10-8-21(3)9-11-22/h4-18,20H,19H2,1-3H3,(H,33,35,37)/b28-18+. The summed E-state index contributed by atoms with van der Waals surface area (Å²) >= 11 is 0. The van der Waals surface area contributed by atoms with Crippen LogP contribution in [-0.4, -0.2) is 23.9 Å². The predicted octanol–water partition coefficient (Wildman–Crippen LogP) is 6.18. The Morgan fingerprint density at radius 1 is 0.872 bits per heavy atom. The van der Waals surface area contributed by atoms with Crippen LogP contribution in [0.4, 0.5) is 10.5 Å². The van der Waals surface area contributed by atoms with Gasteiger partial charge in [0, 0.05) is 5.56 Å². The first kappa shape index (κ1) is 25.7. The average Bonchev–Trinajstić information content (AvgIpc) is 2.92. The van der Waals surface area contributed by atoms with Gasteiger partial charge in [-0.05, 0) is 73.5 Å². The van der Waals surface area contributed by atoms with Gasteiger partial charge in [0.2, 0.25) is 0 Å². The number of nitrogens with one attached hydrogen (secondary N) is 1. The topological polar surface area (TPSA) is 84.9 Å². The Hall–Kier alpha value is -4.91. The monoisotopic (exact) mass is 520 g/mol. The van der Waals surface area contributed by atoms with Gasteiger partial charge in [0.1, 0.15) is 23.7 Å². The summed E-state index contributed by atoms with van der Waals surface area (Å²) in [5.74, 6) is -0.360. The van der Waals surface area contributed by atoms with Crippen molar-refractivity contribution >= 4 is 40.4 Å². The van der Waals surface area contributed by atoms with Crippen molar-refractivity contribution in [2.75, 3.05) is 4.90 Å². The number of nitrogens with zero attached hydrogens (tertiary/aromatic N) is 1. The van der Waals surface area contributed by atoms with E-state index in [1.165, 1.54) is 11.6 Å². The second-order valence-electron chi connectivity index (χ2n) is 9.59. The molecule has 1 N–H and O–H groups in total. The Balaban J connectivity index is 1.44. The number of barbiturate groups is 1. The molecule has 39 heavy (non-hydrogen) atoms. The van der Waals surface area contributed by atoms with Gasteiger partial charge in [0.05, 0.1) is 11.8 Å². The van der Waals surface area contributed by atoms with E-state index in [-0.39, 0.29) is 11.7 Å². The van der Waals surface area contributed by atoms with Crippen molar-refractivity contribution in [2.45, 2.75) is 33.5 Å². The zero-order valence-corrected chi connectivity index (χ0v) is 21.9. The van der Waals surface area contributed by atoms with Crippen LogP contribution < -0.4 is 19.7 Å². The summed E-state index contributed by atoms with van der Waals surface area (Å²) < 4.78 is 11.8. The molecule has 7 nitrogen and oxygen atoms in total. The van der Waals surface area contributed by atoms with Gasteiger partial charge < -0.3 is 9.47 Å². The smallest absolute Gasteiger partial charge is 0.335 e. The summed E-state index contributed by atoms with van der Waals surface area (Å²) in [4.78, 5) is 40.1. The number of benzene rings is 4. The van der Waals surface area contributed by atoms with Crippen molar-refractivity contribution < 1.29 is 23.9 Å². The van der Waals surface area contributed by atoms with Crippen LogP contribution in [0.15, 0.2) is 90.5 Å². The van der Waals surface area contributed by atoms with Crippen molar-refractivity contribution in [3.8, 4) is 11.5 Å². The number of hydrogen-bond acceptors (Lipinski definition) is 5. The number of carbonyl (C=O) groups excluding carboxylic acids is 3. The molecule has 1 saturated heterocycles. The minimum atomic E-state index is -0.813. The maximum Gasteiger partial charge on any atom is 0.335 e. The zero-order valence-electron chi connectivity index (χ0n) is 21.9. The molecule has 0 atom stereocenters. The maximum atomic E-state index is 13.5. The molecule has 0 radical (unpaired) electrons. The Morgan fingerprint density at radius 3 is 2.31 bits per heavy atom. The van der Waals surface area contributed by atoms with E-state index < -0.39 is 17.8 Å². The van der Waals surface area contributed by atoms with Crippen molar-refractivity contribution in [3.63, 3.8) is 0 Å². The van der Waals surface area contributed by atoms with Crippen LogP contribution in [-0.2, 0) is 16.2 Å². The van der Waals surface area contributed by atoms with Gasteiger partial charge in [-0.1, -0.05) is 60.2 Å². The van der Waals surface area contributed by atoms with Gasteiger partial charge in [-0.25, -0.2) is 9.69 Å². The summed E-state index contributed by atoms with van der Waals surface area (Å²) in [7, 11) is 0. The number of imide groups is 2. The van der Waals surface area contributed by atoms with Crippen molar-refractivity contribution in [1.29, 1.82) is 0 Å².